The monoisotopic (exact) mass is 471 g/mol. The van der Waals surface area contributed by atoms with Gasteiger partial charge in [0, 0.05) is 12.7 Å². The lowest BCUT2D eigenvalue weighted by Gasteiger charge is -2.42. The summed E-state index contributed by atoms with van der Waals surface area (Å²) in [7, 11) is 0. The van der Waals surface area contributed by atoms with E-state index in [4.69, 9.17) is 4.98 Å². The number of nitrogens with one attached hydrogen (secondary N) is 1. The van der Waals surface area contributed by atoms with E-state index in [9.17, 15) is 13.2 Å². The number of rotatable bonds is 5. The lowest BCUT2D eigenvalue weighted by atomic mass is 9.90. The molecule has 182 valence electrons. The predicted molar refractivity (Wildman–Crippen MR) is 126 cm³/mol. The smallest absolute Gasteiger partial charge is 0.326 e. The molecule has 2 aromatic heterocycles. The van der Waals surface area contributed by atoms with Gasteiger partial charge in [0.25, 0.3) is 0 Å². The molecule has 0 radical (unpaired) electrons. The zero-order chi connectivity index (χ0) is 23.7. The van der Waals surface area contributed by atoms with Crippen LogP contribution in [0, 0.1) is 12.8 Å². The predicted octanol–water partition coefficient (Wildman–Crippen LogP) is 5.57. The van der Waals surface area contributed by atoms with Crippen molar-refractivity contribution in [2.45, 2.75) is 63.8 Å². The highest BCUT2D eigenvalue weighted by atomic mass is 19.4. The molecule has 4 heterocycles. The van der Waals surface area contributed by atoms with Crippen molar-refractivity contribution >= 4 is 11.0 Å². The van der Waals surface area contributed by atoms with Crippen LogP contribution in [0.15, 0.2) is 42.6 Å². The summed E-state index contributed by atoms with van der Waals surface area (Å²) >= 11 is 0. The van der Waals surface area contributed by atoms with Crippen LogP contribution < -0.4 is 5.32 Å². The van der Waals surface area contributed by atoms with Gasteiger partial charge in [-0.05, 0) is 81.8 Å². The first-order valence-corrected chi connectivity index (χ1v) is 12.3. The summed E-state index contributed by atoms with van der Waals surface area (Å²) in [5, 5.41) is 3.41. The molecule has 2 fully saturated rings. The first-order valence-electron chi connectivity index (χ1n) is 12.3. The molecular formula is C26H32F3N5. The van der Waals surface area contributed by atoms with E-state index in [0.717, 1.165) is 67.0 Å². The molecule has 1 aromatic carbocycles. The van der Waals surface area contributed by atoms with Gasteiger partial charge >= 0.3 is 6.18 Å². The van der Waals surface area contributed by atoms with Gasteiger partial charge in [-0.15, -0.1) is 0 Å². The SMILES string of the molecule is Cc1cccnc1[C@@H]1CCC[C@H](c2nc3ccccc3n2CC2CCNCC2)N1CC(F)(F)F. The molecule has 0 amide bonds. The van der Waals surface area contributed by atoms with Crippen LogP contribution >= 0.6 is 0 Å². The average molecular weight is 472 g/mol. The maximum absolute atomic E-state index is 13.9. The molecule has 2 atom stereocenters. The Bertz CT molecular complexity index is 1120. The summed E-state index contributed by atoms with van der Waals surface area (Å²) in [6.45, 7) is 3.73. The Hall–Kier alpha value is -2.45. The van der Waals surface area contributed by atoms with Gasteiger partial charge in [0.15, 0.2) is 0 Å². The molecule has 0 unspecified atom stereocenters. The molecule has 0 saturated carbocycles. The maximum atomic E-state index is 13.9. The zero-order valence-electron chi connectivity index (χ0n) is 19.6. The standard InChI is InChI=1S/C26H32F3N5/c1-18-6-5-13-31-24(18)22-9-4-10-23(34(22)17-26(27,28)29)25-32-20-7-2-3-8-21(20)33(25)16-19-11-14-30-15-12-19/h2-3,5-8,13,19,22-23,30H,4,9-12,14-17H2,1H3/t22-,23+/m0/s1. The fourth-order valence-electron chi connectivity index (χ4n) is 5.76. The first kappa shape index (κ1) is 23.3. The van der Waals surface area contributed by atoms with E-state index in [1.54, 1.807) is 11.1 Å². The van der Waals surface area contributed by atoms with Crippen LogP contribution in [-0.2, 0) is 6.54 Å². The minimum atomic E-state index is -4.30. The second kappa shape index (κ2) is 9.66. The van der Waals surface area contributed by atoms with Crippen LogP contribution in [0.25, 0.3) is 11.0 Å². The van der Waals surface area contributed by atoms with Crippen LogP contribution in [0.1, 0.15) is 61.3 Å². The number of imidazole rings is 1. The largest absolute Gasteiger partial charge is 0.401 e. The number of piperidine rings is 2. The van der Waals surface area contributed by atoms with Gasteiger partial charge in [-0.3, -0.25) is 9.88 Å². The van der Waals surface area contributed by atoms with E-state index in [1.165, 1.54) is 0 Å². The normalized spacial score (nSPS) is 22.9. The van der Waals surface area contributed by atoms with Crippen molar-refractivity contribution < 1.29 is 13.2 Å². The molecule has 2 aliphatic heterocycles. The second-order valence-corrected chi connectivity index (χ2v) is 9.72. The van der Waals surface area contributed by atoms with E-state index >= 15 is 0 Å². The maximum Gasteiger partial charge on any atom is 0.401 e. The van der Waals surface area contributed by atoms with Gasteiger partial charge in [-0.25, -0.2) is 4.98 Å². The van der Waals surface area contributed by atoms with Gasteiger partial charge in [0.2, 0.25) is 0 Å². The molecule has 3 aromatic rings. The summed E-state index contributed by atoms with van der Waals surface area (Å²) < 4.78 is 43.9. The fraction of sp³-hybridized carbons (Fsp3) is 0.538. The molecule has 5 nitrogen and oxygen atoms in total. The summed E-state index contributed by atoms with van der Waals surface area (Å²) in [6, 6.07) is 10.9. The van der Waals surface area contributed by atoms with Gasteiger partial charge in [0.1, 0.15) is 5.82 Å². The number of benzene rings is 1. The lowest BCUT2D eigenvalue weighted by Crippen LogP contribution is -2.43. The Balaban J connectivity index is 1.58. The van der Waals surface area contributed by atoms with Crippen molar-refractivity contribution in [2.75, 3.05) is 19.6 Å². The van der Waals surface area contributed by atoms with Crippen molar-refractivity contribution in [1.29, 1.82) is 0 Å². The van der Waals surface area contributed by atoms with Crippen molar-refractivity contribution in [3.05, 3.63) is 59.7 Å². The molecule has 0 bridgehead atoms. The van der Waals surface area contributed by atoms with Crippen molar-refractivity contribution in [1.82, 2.24) is 24.8 Å². The number of hydrogen-bond acceptors (Lipinski definition) is 4. The van der Waals surface area contributed by atoms with E-state index < -0.39 is 18.8 Å². The average Bonchev–Trinajstić information content (AvgIpc) is 3.18. The molecule has 1 N–H and O–H groups in total. The number of aromatic nitrogens is 3. The highest BCUT2D eigenvalue weighted by Gasteiger charge is 2.43. The number of likely N-dealkylation sites (tertiary alicyclic amines) is 1. The van der Waals surface area contributed by atoms with Crippen LogP contribution in [-0.4, -0.2) is 45.2 Å². The number of fused-ring (bicyclic) bond motifs is 1. The third kappa shape index (κ3) is 4.84. The van der Waals surface area contributed by atoms with E-state index in [0.29, 0.717) is 18.8 Å². The molecule has 34 heavy (non-hydrogen) atoms. The van der Waals surface area contributed by atoms with Gasteiger partial charge in [-0.1, -0.05) is 18.2 Å². The lowest BCUT2D eigenvalue weighted by molar-refractivity contribution is -0.162. The summed E-state index contributed by atoms with van der Waals surface area (Å²) in [5.41, 5.74) is 3.55. The number of hydrogen-bond donors (Lipinski definition) is 1. The fourth-order valence-corrected chi connectivity index (χ4v) is 5.76. The van der Waals surface area contributed by atoms with Crippen LogP contribution in [0.5, 0.6) is 0 Å². The molecule has 5 rings (SSSR count). The Kier molecular flexibility index (Phi) is 6.62. The van der Waals surface area contributed by atoms with Crippen molar-refractivity contribution in [3.8, 4) is 0 Å². The Morgan fingerprint density at radius 3 is 2.53 bits per heavy atom. The van der Waals surface area contributed by atoms with Gasteiger partial charge in [-0.2, -0.15) is 13.2 Å². The van der Waals surface area contributed by atoms with Crippen LogP contribution in [0.4, 0.5) is 13.2 Å². The number of para-hydroxylation sites is 2. The van der Waals surface area contributed by atoms with Crippen molar-refractivity contribution in [2.24, 2.45) is 5.92 Å². The minimum absolute atomic E-state index is 0.381. The van der Waals surface area contributed by atoms with E-state index in [-0.39, 0.29) is 6.04 Å². The highest BCUT2D eigenvalue weighted by molar-refractivity contribution is 5.76. The molecule has 0 aliphatic carbocycles. The van der Waals surface area contributed by atoms with Crippen molar-refractivity contribution in [3.63, 3.8) is 0 Å². The van der Waals surface area contributed by atoms with Gasteiger partial charge in [0.05, 0.1) is 35.4 Å². The summed E-state index contributed by atoms with van der Waals surface area (Å²) in [4.78, 5) is 11.1. The highest BCUT2D eigenvalue weighted by Crippen LogP contribution is 2.44. The molecular weight excluding hydrogens is 439 g/mol. The molecule has 8 heteroatoms. The molecule has 2 saturated heterocycles. The molecule has 2 aliphatic rings. The topological polar surface area (TPSA) is 46.0 Å². The number of pyridine rings is 1. The summed E-state index contributed by atoms with van der Waals surface area (Å²) in [6.07, 6.45) is 1.69. The van der Waals surface area contributed by atoms with E-state index in [1.807, 2.05) is 43.3 Å². The third-order valence-corrected chi connectivity index (χ3v) is 7.36. The third-order valence-electron chi connectivity index (χ3n) is 7.36. The van der Waals surface area contributed by atoms with Crippen LogP contribution in [0.3, 0.4) is 0 Å². The Labute approximate surface area is 198 Å². The number of alkyl halides is 3. The Morgan fingerprint density at radius 2 is 1.76 bits per heavy atom. The molecule has 0 spiro atoms. The Morgan fingerprint density at radius 1 is 1.00 bits per heavy atom. The van der Waals surface area contributed by atoms with Crippen LogP contribution in [0.2, 0.25) is 0 Å². The quantitative estimate of drug-likeness (QED) is 0.529. The number of nitrogens with zero attached hydrogens (tertiary/aromatic N) is 4. The minimum Gasteiger partial charge on any atom is -0.326 e. The van der Waals surface area contributed by atoms with Gasteiger partial charge < -0.3 is 9.88 Å². The first-order chi connectivity index (χ1) is 16.4. The number of halogens is 3. The number of aryl methyl sites for hydroxylation is 1. The van der Waals surface area contributed by atoms with E-state index in [2.05, 4.69) is 14.9 Å². The zero-order valence-corrected chi connectivity index (χ0v) is 19.6. The summed E-state index contributed by atoms with van der Waals surface area (Å²) in [5.74, 6) is 1.26. The second-order valence-electron chi connectivity index (χ2n) is 9.72.